The first-order valence-electron chi connectivity index (χ1n) is 1.64. The quantitative estimate of drug-likeness (QED) is 0.434. The van der Waals surface area contributed by atoms with Crippen molar-refractivity contribution in [3.8, 4) is 0 Å². The lowest BCUT2D eigenvalue weighted by atomic mass is 10.7. The molecule has 0 aromatic carbocycles. The fraction of sp³-hybridized carbons (Fsp3) is 0.333. The van der Waals surface area contributed by atoms with Crippen molar-refractivity contribution in [1.82, 2.24) is 0 Å². The minimum Gasteiger partial charge on any atom is -0.478 e. The van der Waals surface area contributed by atoms with E-state index in [1.807, 2.05) is 0 Å². The Bertz CT molecular complexity index is 101. The summed E-state index contributed by atoms with van der Waals surface area (Å²) in [6.45, 7) is -0.0220. The van der Waals surface area contributed by atoms with Crippen LogP contribution in [-0.4, -0.2) is 23.1 Å². The minimum atomic E-state index is -1.56. The van der Waals surface area contributed by atoms with E-state index in [9.17, 15) is 9.59 Å². The molecule has 5 heteroatoms. The summed E-state index contributed by atoms with van der Waals surface area (Å²) in [7, 11) is 0. The molecule has 0 amide bonds. The molecule has 46 valence electrons. The lowest BCUT2D eigenvalue weighted by molar-refractivity contribution is -0.150. The fourth-order valence-corrected chi connectivity index (χ4v) is 0.149. The van der Waals surface area contributed by atoms with Gasteiger partial charge in [-0.1, -0.05) is 11.6 Å². The number of carbonyl (C=O) groups excluding carboxylic acids is 1. The summed E-state index contributed by atoms with van der Waals surface area (Å²) >= 11 is 4.86. The molecule has 0 aromatic heterocycles. The standard InChI is InChI=1S/C3H3ClO4/c4-2(3(6)7)8-1-5/h1-2H,(H,6,7). The molecule has 0 rings (SSSR count). The first kappa shape index (κ1) is 7.23. The monoisotopic (exact) mass is 138 g/mol. The van der Waals surface area contributed by atoms with Crippen molar-refractivity contribution >= 4 is 24.0 Å². The Balaban J connectivity index is 3.46. The first-order chi connectivity index (χ1) is 3.68. The Morgan fingerprint density at radius 3 is 2.50 bits per heavy atom. The van der Waals surface area contributed by atoms with Crippen LogP contribution in [0, 0.1) is 0 Å². The lowest BCUT2D eigenvalue weighted by Crippen LogP contribution is -2.15. The van der Waals surface area contributed by atoms with Crippen LogP contribution in [0.2, 0.25) is 0 Å². The number of hydrogen-bond donors (Lipinski definition) is 1. The molecule has 0 aliphatic rings. The predicted molar refractivity (Wildman–Crippen MR) is 24.4 cm³/mol. The zero-order chi connectivity index (χ0) is 6.57. The van der Waals surface area contributed by atoms with E-state index in [-0.39, 0.29) is 6.47 Å². The van der Waals surface area contributed by atoms with Crippen molar-refractivity contribution in [2.45, 2.75) is 5.56 Å². The van der Waals surface area contributed by atoms with Crippen LogP contribution >= 0.6 is 11.6 Å². The normalized spacial score (nSPS) is 12.1. The molecule has 4 nitrogen and oxygen atoms in total. The highest BCUT2D eigenvalue weighted by Crippen LogP contribution is 1.93. The smallest absolute Gasteiger partial charge is 0.361 e. The number of carboxylic acids is 1. The molecule has 1 atom stereocenters. The SMILES string of the molecule is O=COC(Cl)C(=O)O. The van der Waals surface area contributed by atoms with Gasteiger partial charge in [0.1, 0.15) is 0 Å². The van der Waals surface area contributed by atoms with Gasteiger partial charge in [-0.3, -0.25) is 4.79 Å². The summed E-state index contributed by atoms with van der Waals surface area (Å²) in [4.78, 5) is 19.0. The maximum atomic E-state index is 9.67. The molecule has 0 radical (unpaired) electrons. The van der Waals surface area contributed by atoms with E-state index in [2.05, 4.69) is 4.74 Å². The molecule has 0 spiro atoms. The predicted octanol–water partition coefficient (Wildman–Crippen LogP) is -0.191. The maximum Gasteiger partial charge on any atom is 0.361 e. The number of aliphatic carboxylic acids is 1. The third-order valence-corrected chi connectivity index (χ3v) is 0.659. The Kier molecular flexibility index (Phi) is 2.95. The Morgan fingerprint density at radius 1 is 1.88 bits per heavy atom. The van der Waals surface area contributed by atoms with Crippen LogP contribution in [0.15, 0.2) is 0 Å². The van der Waals surface area contributed by atoms with Crippen LogP contribution < -0.4 is 0 Å². The number of ether oxygens (including phenoxy) is 1. The molecular formula is C3H3ClO4. The van der Waals surface area contributed by atoms with Gasteiger partial charge in [-0.2, -0.15) is 0 Å². The molecule has 0 aromatic rings. The zero-order valence-electron chi connectivity index (χ0n) is 3.70. The van der Waals surface area contributed by atoms with Gasteiger partial charge in [0.25, 0.3) is 12.0 Å². The Morgan fingerprint density at radius 2 is 2.38 bits per heavy atom. The molecule has 1 unspecified atom stereocenters. The van der Waals surface area contributed by atoms with Gasteiger partial charge in [0, 0.05) is 0 Å². The molecule has 0 saturated heterocycles. The number of rotatable bonds is 3. The topological polar surface area (TPSA) is 63.6 Å². The van der Waals surface area contributed by atoms with Crippen molar-refractivity contribution in [1.29, 1.82) is 0 Å². The molecule has 0 bridgehead atoms. The second-order valence-electron chi connectivity index (χ2n) is 0.887. The van der Waals surface area contributed by atoms with Crippen LogP contribution in [0.5, 0.6) is 0 Å². The Labute approximate surface area is 50.0 Å². The van der Waals surface area contributed by atoms with Gasteiger partial charge in [-0.25, -0.2) is 4.79 Å². The summed E-state index contributed by atoms with van der Waals surface area (Å²) in [5, 5.41) is 7.90. The van der Waals surface area contributed by atoms with Crippen LogP contribution in [0.3, 0.4) is 0 Å². The van der Waals surface area contributed by atoms with Crippen molar-refractivity contribution < 1.29 is 19.4 Å². The molecule has 0 fully saturated rings. The highest BCUT2D eigenvalue weighted by atomic mass is 35.5. The molecule has 1 N–H and O–H groups in total. The third kappa shape index (κ3) is 2.41. The number of halogens is 1. The van der Waals surface area contributed by atoms with Gasteiger partial charge in [0.15, 0.2) is 0 Å². The van der Waals surface area contributed by atoms with Gasteiger partial charge in [-0.15, -0.1) is 0 Å². The van der Waals surface area contributed by atoms with E-state index in [4.69, 9.17) is 16.7 Å². The van der Waals surface area contributed by atoms with E-state index in [0.717, 1.165) is 0 Å². The molecule has 0 aliphatic carbocycles. The molecular weight excluding hydrogens is 135 g/mol. The van der Waals surface area contributed by atoms with Crippen LogP contribution in [-0.2, 0) is 14.3 Å². The largest absolute Gasteiger partial charge is 0.478 e. The number of alkyl halides is 1. The van der Waals surface area contributed by atoms with Crippen LogP contribution in [0.1, 0.15) is 0 Å². The van der Waals surface area contributed by atoms with Gasteiger partial charge in [-0.05, 0) is 0 Å². The van der Waals surface area contributed by atoms with E-state index in [1.54, 1.807) is 0 Å². The minimum absolute atomic E-state index is 0.0220. The summed E-state index contributed by atoms with van der Waals surface area (Å²) in [6.07, 6.45) is 0. The van der Waals surface area contributed by atoms with Gasteiger partial charge in [0.2, 0.25) is 0 Å². The summed E-state index contributed by atoms with van der Waals surface area (Å²) in [5.74, 6) is -1.38. The summed E-state index contributed by atoms with van der Waals surface area (Å²) in [5.41, 5.74) is -1.56. The summed E-state index contributed by atoms with van der Waals surface area (Å²) in [6, 6.07) is 0. The van der Waals surface area contributed by atoms with E-state index >= 15 is 0 Å². The van der Waals surface area contributed by atoms with E-state index in [0.29, 0.717) is 0 Å². The number of hydrogen-bond acceptors (Lipinski definition) is 3. The van der Waals surface area contributed by atoms with E-state index in [1.165, 1.54) is 0 Å². The number of carboxylic acid groups (broad SMARTS) is 1. The average molecular weight is 139 g/mol. The number of carbonyl (C=O) groups is 2. The first-order valence-corrected chi connectivity index (χ1v) is 2.08. The zero-order valence-corrected chi connectivity index (χ0v) is 4.46. The Hall–Kier alpha value is -0.770. The van der Waals surface area contributed by atoms with Crippen molar-refractivity contribution in [2.75, 3.05) is 0 Å². The molecule has 0 heterocycles. The van der Waals surface area contributed by atoms with E-state index < -0.39 is 11.5 Å². The average Bonchev–Trinajstić information content (AvgIpc) is 1.67. The molecule has 0 saturated carbocycles. The molecule has 8 heavy (non-hydrogen) atoms. The highest BCUT2D eigenvalue weighted by Gasteiger charge is 2.12. The van der Waals surface area contributed by atoms with Crippen LogP contribution in [0.4, 0.5) is 0 Å². The maximum absolute atomic E-state index is 9.67. The van der Waals surface area contributed by atoms with Gasteiger partial charge >= 0.3 is 5.97 Å². The second kappa shape index (κ2) is 3.26. The fourth-order valence-electron chi connectivity index (χ4n) is 0.107. The van der Waals surface area contributed by atoms with Gasteiger partial charge in [0.05, 0.1) is 0 Å². The van der Waals surface area contributed by atoms with Crippen LogP contribution in [0.25, 0.3) is 0 Å². The van der Waals surface area contributed by atoms with Crippen molar-refractivity contribution in [2.24, 2.45) is 0 Å². The molecule has 0 aliphatic heterocycles. The second-order valence-corrected chi connectivity index (χ2v) is 1.28. The highest BCUT2D eigenvalue weighted by molar-refractivity contribution is 6.28. The summed E-state index contributed by atoms with van der Waals surface area (Å²) < 4.78 is 3.79. The third-order valence-electron chi connectivity index (χ3n) is 0.369. The van der Waals surface area contributed by atoms with Crippen molar-refractivity contribution in [3.63, 3.8) is 0 Å². The van der Waals surface area contributed by atoms with Gasteiger partial charge < -0.3 is 9.84 Å². The van der Waals surface area contributed by atoms with Crippen molar-refractivity contribution in [3.05, 3.63) is 0 Å². The lowest BCUT2D eigenvalue weighted by Gasteiger charge is -1.97.